The van der Waals surface area contributed by atoms with Crippen LogP contribution in [0.2, 0.25) is 0 Å². The van der Waals surface area contributed by atoms with Gasteiger partial charge >= 0.3 is 0 Å². The van der Waals surface area contributed by atoms with Crippen molar-refractivity contribution in [1.29, 1.82) is 0 Å². The zero-order valence-electron chi connectivity index (χ0n) is 16.9. The van der Waals surface area contributed by atoms with Gasteiger partial charge in [-0.25, -0.2) is 0 Å². The minimum absolute atomic E-state index is 0.0751. The molecule has 1 saturated carbocycles. The maximum absolute atomic E-state index is 13.3. The number of para-hydroxylation sites is 1. The van der Waals surface area contributed by atoms with Crippen molar-refractivity contribution >= 4 is 16.8 Å². The van der Waals surface area contributed by atoms with Gasteiger partial charge in [0, 0.05) is 41.9 Å². The average molecular weight is 379 g/mol. The lowest BCUT2D eigenvalue weighted by Crippen LogP contribution is -2.43. The van der Waals surface area contributed by atoms with Crippen LogP contribution in [0.15, 0.2) is 42.7 Å². The summed E-state index contributed by atoms with van der Waals surface area (Å²) in [7, 11) is 0. The summed E-state index contributed by atoms with van der Waals surface area (Å²) in [6, 6.07) is 10.8. The van der Waals surface area contributed by atoms with Gasteiger partial charge in [-0.05, 0) is 50.8 Å². The number of amides is 1. The molecule has 28 heavy (non-hydrogen) atoms. The minimum atomic E-state index is 0.0751. The Hall–Kier alpha value is -2.56. The van der Waals surface area contributed by atoms with Crippen LogP contribution in [0.4, 0.5) is 0 Å². The summed E-state index contributed by atoms with van der Waals surface area (Å²) < 4.78 is 1.87. The van der Waals surface area contributed by atoms with Gasteiger partial charge < -0.3 is 9.88 Å². The largest absolute Gasteiger partial charge is 0.361 e. The predicted octanol–water partition coefficient (Wildman–Crippen LogP) is 4.96. The number of rotatable bonds is 6. The maximum atomic E-state index is 13.3. The summed E-state index contributed by atoms with van der Waals surface area (Å²) >= 11 is 0. The van der Waals surface area contributed by atoms with Crippen LogP contribution in [0.1, 0.15) is 68.0 Å². The summed E-state index contributed by atoms with van der Waals surface area (Å²) in [5, 5.41) is 5.79. The number of nitrogens with zero attached hydrogens (tertiary/aromatic N) is 3. The standard InChI is InChI=1S/C23H30N4O/c1-17(2)27-15-13-22(25-27)23(28)26(19-8-4-3-5-9-19)14-12-18-16-24-21-11-7-6-10-20(18)21/h6-7,10-11,13,15-17,19,24H,3-5,8-9,12,14H2,1-2H3. The number of hydrogen-bond acceptors (Lipinski definition) is 2. The van der Waals surface area contributed by atoms with E-state index >= 15 is 0 Å². The van der Waals surface area contributed by atoms with E-state index in [0.717, 1.165) is 31.3 Å². The van der Waals surface area contributed by atoms with Crippen LogP contribution in [0.5, 0.6) is 0 Å². The third-order valence-corrected chi connectivity index (χ3v) is 5.93. The van der Waals surface area contributed by atoms with Crippen molar-refractivity contribution in [1.82, 2.24) is 19.7 Å². The SMILES string of the molecule is CC(C)n1ccc(C(=O)N(CCc2c[nH]c3ccccc23)C2CCCCC2)n1. The molecule has 0 unspecified atom stereocenters. The van der Waals surface area contributed by atoms with Crippen LogP contribution in [-0.4, -0.2) is 38.2 Å². The first kappa shape index (κ1) is 18.8. The van der Waals surface area contributed by atoms with E-state index < -0.39 is 0 Å². The molecule has 5 nitrogen and oxygen atoms in total. The highest BCUT2D eigenvalue weighted by Crippen LogP contribution is 2.25. The van der Waals surface area contributed by atoms with E-state index in [1.165, 1.54) is 30.2 Å². The fourth-order valence-corrected chi connectivity index (χ4v) is 4.31. The molecule has 0 spiro atoms. The lowest BCUT2D eigenvalue weighted by Gasteiger charge is -2.34. The lowest BCUT2D eigenvalue weighted by atomic mass is 9.93. The van der Waals surface area contributed by atoms with E-state index in [1.54, 1.807) is 0 Å². The summed E-state index contributed by atoms with van der Waals surface area (Å²) in [5.41, 5.74) is 3.00. The highest BCUT2D eigenvalue weighted by molar-refractivity contribution is 5.92. The van der Waals surface area contributed by atoms with Gasteiger partial charge in [-0.15, -0.1) is 0 Å². The van der Waals surface area contributed by atoms with Crippen molar-refractivity contribution in [2.45, 2.75) is 64.5 Å². The Bertz CT molecular complexity index is 933. The number of aromatic nitrogens is 3. The van der Waals surface area contributed by atoms with E-state index in [4.69, 9.17) is 0 Å². The van der Waals surface area contributed by atoms with Crippen molar-refractivity contribution in [3.63, 3.8) is 0 Å². The molecule has 3 aromatic rings. The number of hydrogen-bond donors (Lipinski definition) is 1. The van der Waals surface area contributed by atoms with Gasteiger partial charge in [0.05, 0.1) is 0 Å². The second-order valence-corrected chi connectivity index (χ2v) is 8.17. The highest BCUT2D eigenvalue weighted by atomic mass is 16.2. The third-order valence-electron chi connectivity index (χ3n) is 5.93. The van der Waals surface area contributed by atoms with E-state index in [1.807, 2.05) is 23.0 Å². The molecule has 4 rings (SSSR count). The van der Waals surface area contributed by atoms with Gasteiger partial charge in [-0.3, -0.25) is 9.48 Å². The molecule has 1 aromatic carbocycles. The zero-order chi connectivity index (χ0) is 19.5. The van der Waals surface area contributed by atoms with Gasteiger partial charge in [0.2, 0.25) is 0 Å². The van der Waals surface area contributed by atoms with Crippen LogP contribution < -0.4 is 0 Å². The third kappa shape index (κ3) is 3.84. The summed E-state index contributed by atoms with van der Waals surface area (Å²) in [6.45, 7) is 4.90. The molecule has 2 heterocycles. The summed E-state index contributed by atoms with van der Waals surface area (Å²) in [6.07, 6.45) is 10.8. The van der Waals surface area contributed by atoms with Crippen LogP contribution in [0.25, 0.3) is 10.9 Å². The van der Waals surface area contributed by atoms with Crippen LogP contribution in [0.3, 0.4) is 0 Å². The molecule has 148 valence electrons. The fourth-order valence-electron chi connectivity index (χ4n) is 4.31. The van der Waals surface area contributed by atoms with E-state index in [-0.39, 0.29) is 11.9 Å². The van der Waals surface area contributed by atoms with Crippen LogP contribution in [-0.2, 0) is 6.42 Å². The molecule has 1 aliphatic rings. The molecule has 0 aliphatic heterocycles. The van der Waals surface area contributed by atoms with Gasteiger partial charge in [-0.2, -0.15) is 5.10 Å². The number of H-pyrrole nitrogens is 1. The molecule has 0 radical (unpaired) electrons. The second-order valence-electron chi connectivity index (χ2n) is 8.17. The molecule has 5 heteroatoms. The predicted molar refractivity (Wildman–Crippen MR) is 113 cm³/mol. The van der Waals surface area contributed by atoms with Gasteiger partial charge in [0.15, 0.2) is 0 Å². The van der Waals surface area contributed by atoms with Crippen molar-refractivity contribution in [2.24, 2.45) is 0 Å². The lowest BCUT2D eigenvalue weighted by molar-refractivity contribution is 0.0630. The summed E-state index contributed by atoms with van der Waals surface area (Å²) in [5.74, 6) is 0.0751. The fraction of sp³-hybridized carbons (Fsp3) is 0.478. The molecule has 0 bridgehead atoms. The Morgan fingerprint density at radius 3 is 2.75 bits per heavy atom. The first-order valence-corrected chi connectivity index (χ1v) is 10.5. The first-order chi connectivity index (χ1) is 13.6. The Morgan fingerprint density at radius 2 is 2.00 bits per heavy atom. The van der Waals surface area contributed by atoms with Crippen molar-refractivity contribution in [2.75, 3.05) is 6.54 Å². The van der Waals surface area contributed by atoms with Gasteiger partial charge in [0.25, 0.3) is 5.91 Å². The van der Waals surface area contributed by atoms with E-state index in [2.05, 4.69) is 53.2 Å². The van der Waals surface area contributed by atoms with Crippen molar-refractivity contribution < 1.29 is 4.79 Å². The number of aromatic amines is 1. The van der Waals surface area contributed by atoms with Gasteiger partial charge in [-0.1, -0.05) is 37.5 Å². The average Bonchev–Trinajstić information content (AvgIpc) is 3.37. The Kier molecular flexibility index (Phi) is 5.51. The summed E-state index contributed by atoms with van der Waals surface area (Å²) in [4.78, 5) is 18.8. The molecule has 1 N–H and O–H groups in total. The minimum Gasteiger partial charge on any atom is -0.361 e. The monoisotopic (exact) mass is 378 g/mol. The molecule has 1 fully saturated rings. The molecule has 1 amide bonds. The molecule has 0 atom stereocenters. The van der Waals surface area contributed by atoms with Crippen LogP contribution in [0, 0.1) is 0 Å². The Labute approximate surface area is 166 Å². The van der Waals surface area contributed by atoms with E-state index in [9.17, 15) is 4.79 Å². The second kappa shape index (κ2) is 8.21. The maximum Gasteiger partial charge on any atom is 0.274 e. The molecular weight excluding hydrogens is 348 g/mol. The smallest absolute Gasteiger partial charge is 0.274 e. The quantitative estimate of drug-likeness (QED) is 0.659. The topological polar surface area (TPSA) is 53.9 Å². The Balaban J connectivity index is 1.55. The normalized spacial score (nSPS) is 15.4. The highest BCUT2D eigenvalue weighted by Gasteiger charge is 2.27. The molecular formula is C23H30N4O. The number of fused-ring (bicyclic) bond motifs is 1. The van der Waals surface area contributed by atoms with Crippen molar-refractivity contribution in [3.05, 3.63) is 54.0 Å². The van der Waals surface area contributed by atoms with Crippen molar-refractivity contribution in [3.8, 4) is 0 Å². The Morgan fingerprint density at radius 1 is 1.21 bits per heavy atom. The molecule has 2 aromatic heterocycles. The van der Waals surface area contributed by atoms with Crippen LogP contribution >= 0.6 is 0 Å². The van der Waals surface area contributed by atoms with Gasteiger partial charge in [0.1, 0.15) is 5.69 Å². The number of carbonyl (C=O) groups excluding carboxylic acids is 1. The molecule has 1 aliphatic carbocycles. The number of benzene rings is 1. The first-order valence-electron chi connectivity index (χ1n) is 10.5. The van der Waals surface area contributed by atoms with E-state index in [0.29, 0.717) is 11.7 Å². The number of carbonyl (C=O) groups is 1. The number of nitrogens with one attached hydrogen (secondary N) is 1. The zero-order valence-corrected chi connectivity index (χ0v) is 16.9. The molecule has 0 saturated heterocycles.